The van der Waals surface area contributed by atoms with Crippen molar-refractivity contribution in [3.8, 4) is 6.07 Å². The second kappa shape index (κ2) is 5.53. The molecule has 0 aromatic heterocycles. The Morgan fingerprint density at radius 3 is 3.08 bits per heavy atom. The SMILES string of the molecule is CC(C)C(=O)OC[C@H]1O[C@@](C#N)(C23CC2C=C2C(N)=NC=NN23)C[C@@H]1O. The topological polar surface area (TPSA) is 134 Å². The fourth-order valence-electron chi connectivity index (χ4n) is 4.13. The van der Waals surface area contributed by atoms with Crippen LogP contribution < -0.4 is 5.73 Å². The maximum absolute atomic E-state index is 11.7. The first kappa shape index (κ1) is 17.0. The molecule has 2 unspecified atom stereocenters. The highest BCUT2D eigenvalue weighted by molar-refractivity contribution is 6.02. The van der Waals surface area contributed by atoms with Gasteiger partial charge in [0.2, 0.25) is 0 Å². The van der Waals surface area contributed by atoms with E-state index < -0.39 is 23.3 Å². The Labute approximate surface area is 150 Å². The highest BCUT2D eigenvalue weighted by Gasteiger charge is 2.77. The molecule has 0 amide bonds. The van der Waals surface area contributed by atoms with Crippen molar-refractivity contribution in [1.82, 2.24) is 5.01 Å². The Morgan fingerprint density at radius 1 is 1.62 bits per heavy atom. The summed E-state index contributed by atoms with van der Waals surface area (Å²) in [6.45, 7) is 3.37. The lowest BCUT2D eigenvalue weighted by atomic mass is 9.87. The number of hydrogen-bond donors (Lipinski definition) is 2. The van der Waals surface area contributed by atoms with Crippen LogP contribution in [0.5, 0.6) is 0 Å². The molecule has 0 aromatic carbocycles. The molecule has 4 aliphatic rings. The molecule has 3 heterocycles. The minimum atomic E-state index is -1.26. The summed E-state index contributed by atoms with van der Waals surface area (Å²) >= 11 is 0. The highest BCUT2D eigenvalue weighted by Crippen LogP contribution is 2.65. The van der Waals surface area contributed by atoms with Crippen molar-refractivity contribution in [3.63, 3.8) is 0 Å². The monoisotopic (exact) mass is 359 g/mol. The van der Waals surface area contributed by atoms with Gasteiger partial charge in [0, 0.05) is 12.3 Å². The molecule has 5 atom stereocenters. The number of rotatable bonds is 4. The Morgan fingerprint density at radius 2 is 2.38 bits per heavy atom. The number of ether oxygens (including phenoxy) is 2. The van der Waals surface area contributed by atoms with Crippen LogP contribution in [-0.4, -0.2) is 58.2 Å². The first-order valence-corrected chi connectivity index (χ1v) is 8.66. The quantitative estimate of drug-likeness (QED) is 0.668. The van der Waals surface area contributed by atoms with Gasteiger partial charge in [0.1, 0.15) is 30.7 Å². The molecule has 4 rings (SSSR count). The van der Waals surface area contributed by atoms with Crippen LogP contribution in [0, 0.1) is 23.2 Å². The van der Waals surface area contributed by atoms with E-state index in [4.69, 9.17) is 15.2 Å². The van der Waals surface area contributed by atoms with E-state index >= 15 is 0 Å². The molecule has 3 N–H and O–H groups in total. The van der Waals surface area contributed by atoms with Gasteiger partial charge < -0.3 is 20.3 Å². The molecule has 0 spiro atoms. The number of amidine groups is 1. The summed E-state index contributed by atoms with van der Waals surface area (Å²) in [6.07, 6.45) is 2.45. The van der Waals surface area contributed by atoms with Gasteiger partial charge in [-0.25, -0.2) is 10.0 Å². The average Bonchev–Trinajstić information content (AvgIpc) is 3.11. The molecule has 26 heavy (non-hydrogen) atoms. The van der Waals surface area contributed by atoms with Crippen molar-refractivity contribution in [1.29, 1.82) is 5.26 Å². The maximum Gasteiger partial charge on any atom is 0.308 e. The zero-order chi connectivity index (χ0) is 18.7. The Hall–Kier alpha value is -2.44. The van der Waals surface area contributed by atoms with E-state index in [0.29, 0.717) is 18.0 Å². The summed E-state index contributed by atoms with van der Waals surface area (Å²) in [5, 5.41) is 26.4. The van der Waals surface area contributed by atoms with Crippen LogP contribution >= 0.6 is 0 Å². The van der Waals surface area contributed by atoms with Crippen LogP contribution in [0.4, 0.5) is 0 Å². The number of fused-ring (bicyclic) bond motifs is 3. The third-order valence-corrected chi connectivity index (χ3v) is 5.60. The number of nitriles is 1. The van der Waals surface area contributed by atoms with E-state index in [9.17, 15) is 15.2 Å². The van der Waals surface area contributed by atoms with Gasteiger partial charge in [-0.15, -0.1) is 0 Å². The van der Waals surface area contributed by atoms with Crippen molar-refractivity contribution in [2.75, 3.05) is 6.61 Å². The lowest BCUT2D eigenvalue weighted by Gasteiger charge is -2.38. The smallest absolute Gasteiger partial charge is 0.308 e. The zero-order valence-corrected chi connectivity index (χ0v) is 14.6. The molecular weight excluding hydrogens is 338 g/mol. The molecule has 0 radical (unpaired) electrons. The second-order valence-corrected chi connectivity index (χ2v) is 7.50. The van der Waals surface area contributed by atoms with Gasteiger partial charge in [-0.1, -0.05) is 13.8 Å². The summed E-state index contributed by atoms with van der Waals surface area (Å²) in [5.41, 5.74) is 4.63. The number of nitrogens with two attached hydrogens (primary N) is 1. The number of nitrogens with zero attached hydrogens (tertiary/aromatic N) is 4. The highest BCUT2D eigenvalue weighted by atomic mass is 16.6. The number of aliphatic imine (C=N–C) groups is 1. The molecule has 9 heteroatoms. The Balaban J connectivity index is 1.56. The van der Waals surface area contributed by atoms with E-state index in [1.807, 2.05) is 6.08 Å². The van der Waals surface area contributed by atoms with E-state index in [0.717, 1.165) is 0 Å². The Kier molecular flexibility index (Phi) is 3.61. The average molecular weight is 359 g/mol. The van der Waals surface area contributed by atoms with Gasteiger partial charge in [-0.05, 0) is 12.5 Å². The molecule has 0 aromatic rings. The zero-order valence-electron chi connectivity index (χ0n) is 14.6. The molecule has 0 bridgehead atoms. The van der Waals surface area contributed by atoms with Crippen LogP contribution in [0.3, 0.4) is 0 Å². The fraction of sp³-hybridized carbons (Fsp3) is 0.647. The van der Waals surface area contributed by atoms with Crippen molar-refractivity contribution < 1.29 is 19.4 Å². The van der Waals surface area contributed by atoms with Gasteiger partial charge in [0.15, 0.2) is 11.4 Å². The fourth-order valence-corrected chi connectivity index (χ4v) is 4.13. The molecule has 9 nitrogen and oxygen atoms in total. The predicted molar refractivity (Wildman–Crippen MR) is 90.5 cm³/mol. The first-order valence-electron chi connectivity index (χ1n) is 8.66. The second-order valence-electron chi connectivity index (χ2n) is 7.50. The number of hydrazone groups is 1. The van der Waals surface area contributed by atoms with Gasteiger partial charge in [0.25, 0.3) is 0 Å². The van der Waals surface area contributed by atoms with Crippen LogP contribution in [0.15, 0.2) is 21.9 Å². The number of aliphatic hydroxyl groups is 1. The van der Waals surface area contributed by atoms with Gasteiger partial charge >= 0.3 is 5.97 Å². The predicted octanol–water partition coefficient (Wildman–Crippen LogP) is -0.130. The van der Waals surface area contributed by atoms with Crippen LogP contribution in [-0.2, 0) is 14.3 Å². The summed E-state index contributed by atoms with van der Waals surface area (Å²) in [4.78, 5) is 15.7. The molecule has 1 saturated carbocycles. The van der Waals surface area contributed by atoms with E-state index in [1.165, 1.54) is 6.34 Å². The molecule has 2 fully saturated rings. The van der Waals surface area contributed by atoms with E-state index in [1.54, 1.807) is 18.9 Å². The normalized spacial score (nSPS) is 39.8. The number of carbonyl (C=O) groups is 1. The third-order valence-electron chi connectivity index (χ3n) is 5.60. The minimum Gasteiger partial charge on any atom is -0.463 e. The van der Waals surface area contributed by atoms with Crippen molar-refractivity contribution in [3.05, 3.63) is 11.8 Å². The number of aliphatic hydroxyl groups excluding tert-OH is 1. The van der Waals surface area contributed by atoms with Crippen LogP contribution in [0.1, 0.15) is 26.7 Å². The number of carbonyl (C=O) groups excluding carboxylic acids is 1. The standard InChI is InChI=1S/C17H21N5O4/c1-9(2)15(24)25-6-13-12(23)5-16(7-18,26-13)17-4-10(17)3-11-14(19)20-8-21-22(11)17/h3,8-10,12-13,23H,4-6H2,1-2H3,(H2,19,20,21)/t10?,12-,13+,16-,17?/m0/s1. The van der Waals surface area contributed by atoms with Crippen LogP contribution in [0.2, 0.25) is 0 Å². The van der Waals surface area contributed by atoms with E-state index in [2.05, 4.69) is 16.2 Å². The van der Waals surface area contributed by atoms with Crippen molar-refractivity contribution >= 4 is 18.1 Å². The van der Waals surface area contributed by atoms with Crippen molar-refractivity contribution in [2.45, 2.75) is 50.0 Å². The lowest BCUT2D eigenvalue weighted by molar-refractivity contribution is -0.155. The summed E-state index contributed by atoms with van der Waals surface area (Å²) < 4.78 is 11.2. The number of esters is 1. The van der Waals surface area contributed by atoms with Crippen LogP contribution in [0.25, 0.3) is 0 Å². The minimum absolute atomic E-state index is 0.0466. The van der Waals surface area contributed by atoms with E-state index in [-0.39, 0.29) is 30.8 Å². The molecule has 138 valence electrons. The largest absolute Gasteiger partial charge is 0.463 e. The third kappa shape index (κ3) is 2.12. The van der Waals surface area contributed by atoms with Gasteiger partial charge in [-0.3, -0.25) is 4.79 Å². The Bertz CT molecular complexity index is 785. The first-order chi connectivity index (χ1) is 12.3. The van der Waals surface area contributed by atoms with Crippen molar-refractivity contribution in [2.24, 2.45) is 27.7 Å². The molecule has 3 aliphatic heterocycles. The maximum atomic E-state index is 11.7. The lowest BCUT2D eigenvalue weighted by Crippen LogP contribution is -2.54. The van der Waals surface area contributed by atoms with Gasteiger partial charge in [-0.2, -0.15) is 10.4 Å². The molecule has 1 saturated heterocycles. The summed E-state index contributed by atoms with van der Waals surface area (Å²) in [7, 11) is 0. The molecular formula is C17H21N5O4. The molecule has 1 aliphatic carbocycles. The summed E-state index contributed by atoms with van der Waals surface area (Å²) in [6, 6.07) is 2.27. The summed E-state index contributed by atoms with van der Waals surface area (Å²) in [5.74, 6) is -0.245. The van der Waals surface area contributed by atoms with Gasteiger partial charge in [0.05, 0.1) is 17.7 Å². The number of hydrogen-bond acceptors (Lipinski definition) is 9.